The van der Waals surface area contributed by atoms with E-state index in [0.717, 1.165) is 5.92 Å². The standard InChI is InChI=1S/C11H17N/c1-12-11-7-6-9-4-2-3-5-10(9)8-11/h8-9H,2-7H2,1H3. The molecule has 0 aromatic carbocycles. The molecule has 0 aromatic heterocycles. The molecular weight excluding hydrogens is 146 g/mol. The number of hydrogen-bond donors (Lipinski definition) is 0. The molecule has 0 amide bonds. The summed E-state index contributed by atoms with van der Waals surface area (Å²) in [7, 11) is 1.91. The quantitative estimate of drug-likeness (QED) is 0.520. The Morgan fingerprint density at radius 3 is 3.00 bits per heavy atom. The van der Waals surface area contributed by atoms with Crippen molar-refractivity contribution in [1.82, 2.24) is 0 Å². The van der Waals surface area contributed by atoms with Crippen molar-refractivity contribution in [1.29, 1.82) is 0 Å². The number of aliphatic imine (C=N–C) groups is 1. The molecule has 1 nitrogen and oxygen atoms in total. The van der Waals surface area contributed by atoms with E-state index < -0.39 is 0 Å². The molecule has 1 atom stereocenters. The maximum atomic E-state index is 4.28. The van der Waals surface area contributed by atoms with Crippen LogP contribution < -0.4 is 0 Å². The Hall–Kier alpha value is -0.590. The van der Waals surface area contributed by atoms with Gasteiger partial charge in [0.05, 0.1) is 0 Å². The molecule has 0 radical (unpaired) electrons. The van der Waals surface area contributed by atoms with Gasteiger partial charge in [-0.05, 0) is 44.1 Å². The van der Waals surface area contributed by atoms with Crippen LogP contribution in [0.4, 0.5) is 0 Å². The third-order valence-electron chi connectivity index (χ3n) is 3.18. The maximum Gasteiger partial charge on any atom is 0.0344 e. The van der Waals surface area contributed by atoms with Crippen molar-refractivity contribution in [2.45, 2.75) is 38.5 Å². The van der Waals surface area contributed by atoms with E-state index in [1.54, 1.807) is 5.57 Å². The zero-order valence-electron chi connectivity index (χ0n) is 7.84. The van der Waals surface area contributed by atoms with Crippen LogP contribution in [0.3, 0.4) is 0 Å². The number of hydrogen-bond acceptors (Lipinski definition) is 1. The SMILES string of the molecule is CN=C1C=C2CCCCC2CC1. The van der Waals surface area contributed by atoms with Crippen molar-refractivity contribution in [3.8, 4) is 0 Å². The van der Waals surface area contributed by atoms with E-state index in [1.807, 2.05) is 7.05 Å². The summed E-state index contributed by atoms with van der Waals surface area (Å²) >= 11 is 0. The second-order valence-corrected chi connectivity index (χ2v) is 3.92. The zero-order chi connectivity index (χ0) is 8.39. The predicted octanol–water partition coefficient (Wildman–Crippen LogP) is 2.97. The molecule has 0 heterocycles. The molecule has 0 N–H and O–H groups in total. The minimum atomic E-state index is 0.921. The van der Waals surface area contributed by atoms with E-state index >= 15 is 0 Å². The Balaban J connectivity index is 2.17. The van der Waals surface area contributed by atoms with E-state index in [9.17, 15) is 0 Å². The van der Waals surface area contributed by atoms with Gasteiger partial charge < -0.3 is 0 Å². The first kappa shape index (κ1) is 8.03. The molecule has 2 rings (SSSR count). The van der Waals surface area contributed by atoms with Crippen LogP contribution in [0.25, 0.3) is 0 Å². The molecular formula is C11H17N. The molecule has 1 fully saturated rings. The molecule has 12 heavy (non-hydrogen) atoms. The van der Waals surface area contributed by atoms with E-state index in [-0.39, 0.29) is 0 Å². The molecule has 66 valence electrons. The molecule has 1 heteroatoms. The highest BCUT2D eigenvalue weighted by Gasteiger charge is 2.22. The monoisotopic (exact) mass is 163 g/mol. The number of fused-ring (bicyclic) bond motifs is 1. The fourth-order valence-electron chi connectivity index (χ4n) is 2.41. The van der Waals surface area contributed by atoms with Gasteiger partial charge in [0.15, 0.2) is 0 Å². The fraction of sp³-hybridized carbons (Fsp3) is 0.727. The Morgan fingerprint density at radius 2 is 2.17 bits per heavy atom. The summed E-state index contributed by atoms with van der Waals surface area (Å²) in [5.41, 5.74) is 3.01. The highest BCUT2D eigenvalue weighted by Crippen LogP contribution is 2.35. The van der Waals surface area contributed by atoms with Gasteiger partial charge in [-0.15, -0.1) is 0 Å². The minimum Gasteiger partial charge on any atom is -0.293 e. The van der Waals surface area contributed by atoms with Crippen molar-refractivity contribution >= 4 is 5.71 Å². The lowest BCUT2D eigenvalue weighted by atomic mass is 9.77. The van der Waals surface area contributed by atoms with Crippen LogP contribution >= 0.6 is 0 Å². The number of rotatable bonds is 0. The number of allylic oxidation sites excluding steroid dienone is 2. The molecule has 1 saturated carbocycles. The first-order valence-corrected chi connectivity index (χ1v) is 5.06. The zero-order valence-corrected chi connectivity index (χ0v) is 7.84. The summed E-state index contributed by atoms with van der Waals surface area (Å²) in [5, 5.41) is 0. The molecule has 0 aliphatic heterocycles. The van der Waals surface area contributed by atoms with Crippen molar-refractivity contribution in [3.63, 3.8) is 0 Å². The topological polar surface area (TPSA) is 12.4 Å². The Kier molecular flexibility index (Phi) is 2.29. The van der Waals surface area contributed by atoms with Gasteiger partial charge >= 0.3 is 0 Å². The molecule has 0 spiro atoms. The first-order chi connectivity index (χ1) is 5.90. The van der Waals surface area contributed by atoms with Crippen LogP contribution in [-0.2, 0) is 0 Å². The van der Waals surface area contributed by atoms with Crippen LogP contribution in [0, 0.1) is 5.92 Å². The average molecular weight is 163 g/mol. The third-order valence-corrected chi connectivity index (χ3v) is 3.18. The van der Waals surface area contributed by atoms with Crippen LogP contribution in [0.2, 0.25) is 0 Å². The molecule has 2 aliphatic rings. The van der Waals surface area contributed by atoms with Gasteiger partial charge in [0.1, 0.15) is 0 Å². The molecule has 0 saturated heterocycles. The van der Waals surface area contributed by atoms with Gasteiger partial charge in [-0.2, -0.15) is 0 Å². The summed E-state index contributed by atoms with van der Waals surface area (Å²) in [5.74, 6) is 0.921. The Bertz CT molecular complexity index is 225. The molecule has 0 aromatic rings. The van der Waals surface area contributed by atoms with E-state index in [0.29, 0.717) is 0 Å². The van der Waals surface area contributed by atoms with E-state index in [1.165, 1.54) is 44.2 Å². The van der Waals surface area contributed by atoms with Crippen molar-refractivity contribution in [2.24, 2.45) is 10.9 Å². The fourth-order valence-corrected chi connectivity index (χ4v) is 2.41. The van der Waals surface area contributed by atoms with Crippen molar-refractivity contribution in [2.75, 3.05) is 7.05 Å². The van der Waals surface area contributed by atoms with Gasteiger partial charge in [0.25, 0.3) is 0 Å². The predicted molar refractivity (Wildman–Crippen MR) is 52.6 cm³/mol. The highest BCUT2D eigenvalue weighted by molar-refractivity contribution is 5.96. The summed E-state index contributed by atoms with van der Waals surface area (Å²) in [4.78, 5) is 4.28. The summed E-state index contributed by atoms with van der Waals surface area (Å²) in [6.45, 7) is 0. The third kappa shape index (κ3) is 1.45. The first-order valence-electron chi connectivity index (χ1n) is 5.06. The average Bonchev–Trinajstić information content (AvgIpc) is 2.17. The van der Waals surface area contributed by atoms with Gasteiger partial charge in [0, 0.05) is 12.8 Å². The van der Waals surface area contributed by atoms with E-state index in [2.05, 4.69) is 11.1 Å². The number of nitrogens with zero attached hydrogens (tertiary/aromatic N) is 1. The van der Waals surface area contributed by atoms with Crippen LogP contribution in [0.15, 0.2) is 16.6 Å². The van der Waals surface area contributed by atoms with Gasteiger partial charge in [-0.3, -0.25) is 4.99 Å². The largest absolute Gasteiger partial charge is 0.293 e. The van der Waals surface area contributed by atoms with Crippen molar-refractivity contribution < 1.29 is 0 Å². The minimum absolute atomic E-state index is 0.921. The lowest BCUT2D eigenvalue weighted by Gasteiger charge is -2.29. The lowest BCUT2D eigenvalue weighted by Crippen LogP contribution is -2.17. The molecule has 0 bridgehead atoms. The van der Waals surface area contributed by atoms with Crippen molar-refractivity contribution in [3.05, 3.63) is 11.6 Å². The second-order valence-electron chi connectivity index (χ2n) is 3.92. The van der Waals surface area contributed by atoms with E-state index in [4.69, 9.17) is 0 Å². The van der Waals surface area contributed by atoms with Crippen LogP contribution in [0.1, 0.15) is 38.5 Å². The highest BCUT2D eigenvalue weighted by atomic mass is 14.7. The molecule has 2 aliphatic carbocycles. The summed E-state index contributed by atoms with van der Waals surface area (Å²) in [6.07, 6.45) is 10.5. The summed E-state index contributed by atoms with van der Waals surface area (Å²) < 4.78 is 0. The Morgan fingerprint density at radius 1 is 1.25 bits per heavy atom. The van der Waals surface area contributed by atoms with Gasteiger partial charge in [0.2, 0.25) is 0 Å². The van der Waals surface area contributed by atoms with Crippen LogP contribution in [0.5, 0.6) is 0 Å². The van der Waals surface area contributed by atoms with Gasteiger partial charge in [-0.25, -0.2) is 0 Å². The molecule has 1 unspecified atom stereocenters. The normalized spacial score (nSPS) is 32.9. The maximum absolute atomic E-state index is 4.28. The second kappa shape index (κ2) is 3.42. The smallest absolute Gasteiger partial charge is 0.0344 e. The lowest BCUT2D eigenvalue weighted by molar-refractivity contribution is 0.429. The van der Waals surface area contributed by atoms with Crippen LogP contribution in [-0.4, -0.2) is 12.8 Å². The Labute approximate surface area is 74.6 Å². The van der Waals surface area contributed by atoms with Gasteiger partial charge in [-0.1, -0.05) is 12.0 Å². The summed E-state index contributed by atoms with van der Waals surface area (Å²) in [6, 6.07) is 0.